The molecule has 1 saturated heterocycles. The Hall–Kier alpha value is -2.37. The van der Waals surface area contributed by atoms with Crippen molar-refractivity contribution in [2.75, 3.05) is 5.06 Å². The largest absolute Gasteiger partial charge is 0.288 e. The van der Waals surface area contributed by atoms with Gasteiger partial charge in [0.15, 0.2) is 0 Å². The minimum atomic E-state index is -0.910. The molecule has 2 aromatic carbocycles. The number of rotatable bonds is 4. The third-order valence-corrected chi connectivity index (χ3v) is 4.04. The van der Waals surface area contributed by atoms with Gasteiger partial charge in [0, 0.05) is 5.02 Å². The molecule has 1 fully saturated rings. The predicted molar refractivity (Wildman–Crippen MR) is 86.1 cm³/mol. The second kappa shape index (κ2) is 6.40. The molecule has 2 aromatic rings. The van der Waals surface area contributed by atoms with Crippen LogP contribution in [0.25, 0.3) is 0 Å². The molecule has 5 nitrogen and oxygen atoms in total. The van der Waals surface area contributed by atoms with Crippen LogP contribution in [0.2, 0.25) is 5.02 Å². The number of likely N-dealkylation sites (tertiary alicyclic amines) is 1. The lowest BCUT2D eigenvalue weighted by atomic mass is 10.2. The first-order chi connectivity index (χ1) is 11.1. The number of hydrogen-bond acceptors (Lipinski definition) is 4. The second-order valence-corrected chi connectivity index (χ2v) is 5.78. The zero-order valence-corrected chi connectivity index (χ0v) is 13.0. The van der Waals surface area contributed by atoms with Crippen molar-refractivity contribution in [2.45, 2.75) is 19.0 Å². The van der Waals surface area contributed by atoms with E-state index >= 15 is 0 Å². The molecule has 3 rings (SSSR count). The average molecular weight is 331 g/mol. The van der Waals surface area contributed by atoms with Crippen LogP contribution in [0.15, 0.2) is 54.6 Å². The van der Waals surface area contributed by atoms with Crippen LogP contribution in [-0.4, -0.2) is 28.0 Å². The van der Waals surface area contributed by atoms with E-state index in [-0.39, 0.29) is 18.9 Å². The van der Waals surface area contributed by atoms with Crippen LogP contribution in [-0.2, 0) is 16.1 Å². The van der Waals surface area contributed by atoms with Gasteiger partial charge < -0.3 is 0 Å². The number of halogens is 1. The normalized spacial score (nSPS) is 17.7. The number of carbonyl (C=O) groups excluding carboxylic acids is 2. The number of anilines is 1. The van der Waals surface area contributed by atoms with Crippen LogP contribution >= 0.6 is 11.6 Å². The fourth-order valence-corrected chi connectivity index (χ4v) is 2.69. The zero-order valence-electron chi connectivity index (χ0n) is 12.2. The molecule has 2 amide bonds. The fourth-order valence-electron chi connectivity index (χ4n) is 2.56. The molecule has 0 saturated carbocycles. The monoisotopic (exact) mass is 330 g/mol. The molecule has 6 heteroatoms. The Morgan fingerprint density at radius 3 is 2.39 bits per heavy atom. The Kier molecular flexibility index (Phi) is 4.32. The molecule has 0 aliphatic carbocycles. The molecule has 1 heterocycles. The minimum absolute atomic E-state index is 0.0508. The summed E-state index contributed by atoms with van der Waals surface area (Å²) in [5, 5.41) is 11.6. The van der Waals surface area contributed by atoms with Crippen LogP contribution in [0.4, 0.5) is 5.69 Å². The lowest BCUT2D eigenvalue weighted by molar-refractivity contribution is -0.139. The topological polar surface area (TPSA) is 60.9 Å². The summed E-state index contributed by atoms with van der Waals surface area (Å²) in [6.45, 7) is 0.212. The van der Waals surface area contributed by atoms with Gasteiger partial charge >= 0.3 is 0 Å². The van der Waals surface area contributed by atoms with E-state index in [1.807, 2.05) is 30.3 Å². The molecular weight excluding hydrogens is 316 g/mol. The molecule has 1 aliphatic heterocycles. The summed E-state index contributed by atoms with van der Waals surface area (Å²) in [5.41, 5.74) is 1.29. The van der Waals surface area contributed by atoms with Crippen molar-refractivity contribution in [3.8, 4) is 0 Å². The van der Waals surface area contributed by atoms with E-state index in [1.54, 1.807) is 24.3 Å². The van der Waals surface area contributed by atoms with Crippen molar-refractivity contribution >= 4 is 29.1 Å². The van der Waals surface area contributed by atoms with Crippen molar-refractivity contribution in [1.82, 2.24) is 4.90 Å². The smallest absolute Gasteiger partial charge is 0.255 e. The average Bonchev–Trinajstić information content (AvgIpc) is 2.84. The highest BCUT2D eigenvalue weighted by atomic mass is 35.5. The van der Waals surface area contributed by atoms with Crippen LogP contribution in [0.3, 0.4) is 0 Å². The number of nitrogens with zero attached hydrogens (tertiary/aromatic N) is 2. The molecule has 0 spiro atoms. The van der Waals surface area contributed by atoms with E-state index in [2.05, 4.69) is 0 Å². The first-order valence-corrected chi connectivity index (χ1v) is 7.56. The van der Waals surface area contributed by atoms with E-state index in [4.69, 9.17) is 11.6 Å². The highest BCUT2D eigenvalue weighted by molar-refractivity contribution is 6.30. The molecule has 23 heavy (non-hydrogen) atoms. The summed E-state index contributed by atoms with van der Waals surface area (Å²) >= 11 is 5.81. The Labute approximate surface area is 138 Å². The third kappa shape index (κ3) is 3.21. The predicted octanol–water partition coefficient (Wildman–Crippen LogP) is 2.86. The van der Waals surface area contributed by atoms with E-state index in [9.17, 15) is 14.8 Å². The van der Waals surface area contributed by atoms with Gasteiger partial charge in [-0.25, -0.2) is 5.06 Å². The van der Waals surface area contributed by atoms with Crippen molar-refractivity contribution in [2.24, 2.45) is 0 Å². The molecule has 1 atom stereocenters. The van der Waals surface area contributed by atoms with Crippen LogP contribution in [0, 0.1) is 0 Å². The van der Waals surface area contributed by atoms with Gasteiger partial charge in [-0.3, -0.25) is 19.7 Å². The van der Waals surface area contributed by atoms with Crippen molar-refractivity contribution in [1.29, 1.82) is 0 Å². The molecule has 1 aliphatic rings. The van der Waals surface area contributed by atoms with E-state index < -0.39 is 11.9 Å². The van der Waals surface area contributed by atoms with Crippen molar-refractivity contribution < 1.29 is 14.8 Å². The standard InChI is InChI=1S/C17H15ClN2O3/c18-13-6-8-14(9-7-13)20(23)15-10-16(21)19(17(15)22)11-12-4-2-1-3-5-12/h1-9,15,23H,10-11H2/t15-/m0/s1. The SMILES string of the molecule is O=C1C[C@H](N(O)c2ccc(Cl)cc2)C(=O)N1Cc1ccccc1. The van der Waals surface area contributed by atoms with E-state index in [0.717, 1.165) is 10.6 Å². The Morgan fingerprint density at radius 1 is 1.09 bits per heavy atom. The minimum Gasteiger partial charge on any atom is -0.288 e. The van der Waals surface area contributed by atoms with Gasteiger partial charge in [0.2, 0.25) is 5.91 Å². The maximum atomic E-state index is 12.5. The van der Waals surface area contributed by atoms with Gasteiger partial charge in [-0.1, -0.05) is 41.9 Å². The molecule has 0 radical (unpaired) electrons. The summed E-state index contributed by atoms with van der Waals surface area (Å²) < 4.78 is 0. The van der Waals surface area contributed by atoms with Crippen LogP contribution in [0.1, 0.15) is 12.0 Å². The number of imide groups is 1. The van der Waals surface area contributed by atoms with Crippen molar-refractivity contribution in [3.63, 3.8) is 0 Å². The number of hydroxylamine groups is 1. The first-order valence-electron chi connectivity index (χ1n) is 7.18. The quantitative estimate of drug-likeness (QED) is 0.691. The number of carbonyl (C=O) groups is 2. The molecular formula is C17H15ClN2O3. The maximum Gasteiger partial charge on any atom is 0.255 e. The summed E-state index contributed by atoms with van der Waals surface area (Å²) in [6, 6.07) is 14.8. The Bertz CT molecular complexity index is 718. The second-order valence-electron chi connectivity index (χ2n) is 5.34. The lowest BCUT2D eigenvalue weighted by Gasteiger charge is -2.22. The highest BCUT2D eigenvalue weighted by Gasteiger charge is 2.42. The molecule has 118 valence electrons. The number of amides is 2. The maximum absolute atomic E-state index is 12.5. The lowest BCUT2D eigenvalue weighted by Crippen LogP contribution is -2.40. The number of hydrogen-bond donors (Lipinski definition) is 1. The summed E-state index contributed by atoms with van der Waals surface area (Å²) in [6.07, 6.45) is -0.0508. The Morgan fingerprint density at radius 2 is 1.74 bits per heavy atom. The first kappa shape index (κ1) is 15.5. The van der Waals surface area contributed by atoms with E-state index in [0.29, 0.717) is 10.7 Å². The van der Waals surface area contributed by atoms with Gasteiger partial charge in [-0.15, -0.1) is 0 Å². The van der Waals surface area contributed by atoms with Crippen LogP contribution < -0.4 is 5.06 Å². The molecule has 0 bridgehead atoms. The highest BCUT2D eigenvalue weighted by Crippen LogP contribution is 2.25. The van der Waals surface area contributed by atoms with Crippen LogP contribution in [0.5, 0.6) is 0 Å². The molecule has 0 aromatic heterocycles. The van der Waals surface area contributed by atoms with Gasteiger partial charge in [0.25, 0.3) is 5.91 Å². The van der Waals surface area contributed by atoms with E-state index in [1.165, 1.54) is 4.90 Å². The zero-order chi connectivity index (χ0) is 16.4. The van der Waals surface area contributed by atoms with Gasteiger partial charge in [0.1, 0.15) is 6.04 Å². The number of benzene rings is 2. The third-order valence-electron chi connectivity index (χ3n) is 3.79. The van der Waals surface area contributed by atoms with Crippen molar-refractivity contribution in [3.05, 3.63) is 65.2 Å². The van der Waals surface area contributed by atoms with Gasteiger partial charge in [-0.2, -0.15) is 0 Å². The fraction of sp³-hybridized carbons (Fsp3) is 0.176. The Balaban J connectivity index is 1.76. The van der Waals surface area contributed by atoms with Gasteiger partial charge in [0.05, 0.1) is 18.7 Å². The summed E-state index contributed by atoms with van der Waals surface area (Å²) in [5.74, 6) is -0.701. The molecule has 0 unspecified atom stereocenters. The summed E-state index contributed by atoms with van der Waals surface area (Å²) in [7, 11) is 0. The molecule has 1 N–H and O–H groups in total. The van der Waals surface area contributed by atoms with Gasteiger partial charge in [-0.05, 0) is 29.8 Å². The summed E-state index contributed by atoms with van der Waals surface area (Å²) in [4.78, 5) is 25.8.